The first-order valence-electron chi connectivity index (χ1n) is 5.86. The third-order valence-electron chi connectivity index (χ3n) is 2.79. The summed E-state index contributed by atoms with van der Waals surface area (Å²) < 4.78 is 36.9. The van der Waals surface area contributed by atoms with E-state index in [1.165, 1.54) is 0 Å². The van der Waals surface area contributed by atoms with E-state index in [0.29, 0.717) is 19.0 Å². The number of hydrogen-bond acceptors (Lipinski definition) is 3. The van der Waals surface area contributed by atoms with Crippen molar-refractivity contribution in [2.75, 3.05) is 26.7 Å². The normalized spacial score (nSPS) is 14.2. The van der Waals surface area contributed by atoms with Crippen molar-refractivity contribution in [2.45, 2.75) is 32.5 Å². The lowest BCUT2D eigenvalue weighted by molar-refractivity contribution is -0.192. The van der Waals surface area contributed by atoms with Crippen molar-refractivity contribution in [2.24, 2.45) is 5.92 Å². The summed E-state index contributed by atoms with van der Waals surface area (Å²) in [5, 5.41) is 11.0. The van der Waals surface area contributed by atoms with Crippen LogP contribution in [0.1, 0.15) is 20.3 Å². The maximum absolute atomic E-state index is 12.3. The van der Waals surface area contributed by atoms with Crippen molar-refractivity contribution in [1.82, 2.24) is 10.2 Å². The Morgan fingerprint density at radius 1 is 1.39 bits per heavy atom. The fourth-order valence-corrected chi connectivity index (χ4v) is 1.30. The zero-order valence-corrected chi connectivity index (χ0v) is 10.9. The van der Waals surface area contributed by atoms with E-state index in [1.807, 2.05) is 20.9 Å². The predicted octanol–water partition coefficient (Wildman–Crippen LogP) is 1.57. The highest BCUT2D eigenvalue weighted by molar-refractivity contribution is 5.71. The Labute approximate surface area is 105 Å². The van der Waals surface area contributed by atoms with Crippen LogP contribution in [0, 0.1) is 5.92 Å². The third-order valence-corrected chi connectivity index (χ3v) is 2.79. The van der Waals surface area contributed by atoms with Gasteiger partial charge in [0.25, 0.3) is 0 Å². The quantitative estimate of drug-likeness (QED) is 0.657. The van der Waals surface area contributed by atoms with Gasteiger partial charge in [0.1, 0.15) is 0 Å². The number of carbonyl (C=O) groups is 1. The minimum Gasteiger partial charge on any atom is -0.481 e. The monoisotopic (exact) mass is 270 g/mol. The van der Waals surface area contributed by atoms with Gasteiger partial charge in [0, 0.05) is 12.6 Å². The Hall–Kier alpha value is -0.820. The molecule has 0 amide bonds. The second kappa shape index (κ2) is 7.58. The van der Waals surface area contributed by atoms with E-state index >= 15 is 0 Å². The Bertz CT molecular complexity index is 257. The highest BCUT2D eigenvalue weighted by Crippen LogP contribution is 2.25. The molecule has 108 valence electrons. The molecule has 0 aliphatic rings. The molecule has 0 aliphatic heterocycles. The van der Waals surface area contributed by atoms with Gasteiger partial charge in [0.2, 0.25) is 0 Å². The van der Waals surface area contributed by atoms with Crippen molar-refractivity contribution in [3.63, 3.8) is 0 Å². The van der Waals surface area contributed by atoms with Gasteiger partial charge < -0.3 is 15.3 Å². The summed E-state index contributed by atoms with van der Waals surface area (Å²) >= 11 is 0. The highest BCUT2D eigenvalue weighted by Gasteiger charge is 2.44. The van der Waals surface area contributed by atoms with Crippen LogP contribution in [-0.4, -0.2) is 54.9 Å². The minimum absolute atomic E-state index is 0.372. The molecular formula is C11H21F3N2O2. The molecule has 0 aromatic carbocycles. The number of nitrogens with one attached hydrogen (secondary N) is 1. The van der Waals surface area contributed by atoms with E-state index in [9.17, 15) is 18.0 Å². The van der Waals surface area contributed by atoms with Crippen LogP contribution in [0.15, 0.2) is 0 Å². The molecule has 0 aromatic heterocycles. The highest BCUT2D eigenvalue weighted by atomic mass is 19.4. The first-order valence-corrected chi connectivity index (χ1v) is 5.86. The second-order valence-electron chi connectivity index (χ2n) is 4.56. The van der Waals surface area contributed by atoms with Gasteiger partial charge in [-0.2, -0.15) is 13.2 Å². The summed E-state index contributed by atoms with van der Waals surface area (Å²) in [5.41, 5.74) is 0. The molecule has 2 N–H and O–H groups in total. The maximum atomic E-state index is 12.3. The molecule has 0 heterocycles. The number of hydrogen-bond donors (Lipinski definition) is 2. The fraction of sp³-hybridized carbons (Fsp3) is 0.909. The summed E-state index contributed by atoms with van der Waals surface area (Å²) in [6.45, 7) is 4.60. The first kappa shape index (κ1) is 17.2. The summed E-state index contributed by atoms with van der Waals surface area (Å²) in [5.74, 6) is -4.17. The van der Waals surface area contributed by atoms with Gasteiger partial charge >= 0.3 is 12.1 Å². The molecule has 0 rings (SSSR count). The van der Waals surface area contributed by atoms with Crippen molar-refractivity contribution in [3.8, 4) is 0 Å². The summed E-state index contributed by atoms with van der Waals surface area (Å²) in [7, 11) is 1.93. The molecular weight excluding hydrogens is 249 g/mol. The summed E-state index contributed by atoms with van der Waals surface area (Å²) in [4.78, 5) is 12.5. The van der Waals surface area contributed by atoms with Crippen LogP contribution in [0.2, 0.25) is 0 Å². The van der Waals surface area contributed by atoms with Crippen molar-refractivity contribution in [3.05, 3.63) is 0 Å². The molecule has 1 unspecified atom stereocenters. The fourth-order valence-electron chi connectivity index (χ4n) is 1.30. The van der Waals surface area contributed by atoms with E-state index in [1.54, 1.807) is 0 Å². The molecule has 1 atom stereocenters. The number of rotatable bonds is 8. The lowest BCUT2D eigenvalue weighted by atomic mass is 10.1. The molecule has 4 nitrogen and oxygen atoms in total. The Kier molecular flexibility index (Phi) is 7.23. The topological polar surface area (TPSA) is 52.6 Å². The molecule has 0 saturated carbocycles. The third kappa shape index (κ3) is 6.80. The molecule has 0 saturated heterocycles. The summed E-state index contributed by atoms with van der Waals surface area (Å²) in [6.07, 6.45) is -4.02. The molecule has 0 radical (unpaired) electrons. The largest absolute Gasteiger partial charge is 0.481 e. The van der Waals surface area contributed by atoms with Gasteiger partial charge in [-0.1, -0.05) is 0 Å². The molecule has 0 bridgehead atoms. The average Bonchev–Trinajstić information content (AvgIpc) is 2.19. The van der Waals surface area contributed by atoms with Crippen LogP contribution >= 0.6 is 0 Å². The second-order valence-corrected chi connectivity index (χ2v) is 4.56. The molecule has 0 fully saturated rings. The van der Waals surface area contributed by atoms with Crippen LogP contribution in [0.25, 0.3) is 0 Å². The van der Waals surface area contributed by atoms with E-state index in [-0.39, 0.29) is 0 Å². The molecule has 18 heavy (non-hydrogen) atoms. The molecule has 0 aromatic rings. The smallest absolute Gasteiger partial charge is 0.403 e. The molecule has 0 aliphatic carbocycles. The van der Waals surface area contributed by atoms with Gasteiger partial charge in [-0.15, -0.1) is 0 Å². The SMILES string of the molecule is CC(C)N(C)CCCNCC(C(=O)O)C(F)(F)F. The number of alkyl halides is 3. The van der Waals surface area contributed by atoms with E-state index < -0.39 is 24.6 Å². The van der Waals surface area contributed by atoms with Crippen LogP contribution in [-0.2, 0) is 4.79 Å². The van der Waals surface area contributed by atoms with Gasteiger partial charge in [-0.25, -0.2) is 0 Å². The lowest BCUT2D eigenvalue weighted by Gasteiger charge is -2.21. The number of halogens is 3. The standard InChI is InChI=1S/C11H21F3N2O2/c1-8(2)16(3)6-4-5-15-7-9(10(17)18)11(12,13)14/h8-9,15H,4-7H2,1-3H3,(H,17,18). The lowest BCUT2D eigenvalue weighted by Crippen LogP contribution is -2.40. The van der Waals surface area contributed by atoms with Gasteiger partial charge in [-0.05, 0) is 40.4 Å². The molecule has 7 heteroatoms. The van der Waals surface area contributed by atoms with Crippen LogP contribution < -0.4 is 5.32 Å². The number of carboxylic acids is 1. The number of aliphatic carboxylic acids is 1. The van der Waals surface area contributed by atoms with Gasteiger partial charge in [0.15, 0.2) is 5.92 Å². The maximum Gasteiger partial charge on any atom is 0.403 e. The minimum atomic E-state index is -4.70. The molecule has 0 spiro atoms. The van der Waals surface area contributed by atoms with E-state index in [2.05, 4.69) is 10.2 Å². The predicted molar refractivity (Wildman–Crippen MR) is 62.4 cm³/mol. The first-order chi connectivity index (χ1) is 8.16. The Balaban J connectivity index is 3.86. The summed E-state index contributed by atoms with van der Waals surface area (Å²) in [6, 6.07) is 0.381. The van der Waals surface area contributed by atoms with Gasteiger partial charge in [0.05, 0.1) is 0 Å². The number of carboxylic acid groups (broad SMARTS) is 1. The van der Waals surface area contributed by atoms with Crippen LogP contribution in [0.3, 0.4) is 0 Å². The van der Waals surface area contributed by atoms with E-state index in [0.717, 1.165) is 6.54 Å². The van der Waals surface area contributed by atoms with E-state index in [4.69, 9.17) is 5.11 Å². The zero-order valence-electron chi connectivity index (χ0n) is 10.9. The number of nitrogens with zero attached hydrogens (tertiary/aromatic N) is 1. The van der Waals surface area contributed by atoms with Gasteiger partial charge in [-0.3, -0.25) is 4.79 Å². The zero-order chi connectivity index (χ0) is 14.3. The average molecular weight is 270 g/mol. The Morgan fingerprint density at radius 2 is 1.94 bits per heavy atom. The van der Waals surface area contributed by atoms with Crippen molar-refractivity contribution < 1.29 is 23.1 Å². The van der Waals surface area contributed by atoms with Crippen LogP contribution in [0.5, 0.6) is 0 Å². The van der Waals surface area contributed by atoms with Crippen molar-refractivity contribution in [1.29, 1.82) is 0 Å². The van der Waals surface area contributed by atoms with Crippen molar-refractivity contribution >= 4 is 5.97 Å². The Morgan fingerprint density at radius 3 is 2.33 bits per heavy atom. The van der Waals surface area contributed by atoms with Crippen LogP contribution in [0.4, 0.5) is 13.2 Å².